The van der Waals surface area contributed by atoms with Gasteiger partial charge in [-0.05, 0) is 42.0 Å². The van der Waals surface area contributed by atoms with Gasteiger partial charge in [-0.15, -0.1) is 0 Å². The maximum atomic E-state index is 12.9. The molecule has 4 rings (SSSR count). The van der Waals surface area contributed by atoms with Gasteiger partial charge in [0.1, 0.15) is 0 Å². The number of fused-ring (bicyclic) bond motifs is 1. The number of carboxylic acid groups (broad SMARTS) is 1. The van der Waals surface area contributed by atoms with Crippen LogP contribution in [-0.2, 0) is 4.79 Å². The van der Waals surface area contributed by atoms with Crippen molar-refractivity contribution in [1.29, 1.82) is 5.26 Å². The highest BCUT2D eigenvalue weighted by atomic mass is 16.5. The molecule has 0 radical (unpaired) electrons. The highest BCUT2D eigenvalue weighted by Crippen LogP contribution is 2.32. The Kier molecular flexibility index (Phi) is 5.57. The van der Waals surface area contributed by atoms with Gasteiger partial charge < -0.3 is 20.3 Å². The van der Waals surface area contributed by atoms with E-state index in [0.29, 0.717) is 22.2 Å². The minimum Gasteiger partial charge on any atom is -0.478 e. The second-order valence-electron chi connectivity index (χ2n) is 7.10. The van der Waals surface area contributed by atoms with E-state index in [9.17, 15) is 19.5 Å². The van der Waals surface area contributed by atoms with Crippen molar-refractivity contribution < 1.29 is 24.0 Å². The number of anilines is 2. The Hall–Kier alpha value is -4.97. The maximum Gasteiger partial charge on any atom is 0.337 e. The highest BCUT2D eigenvalue weighted by Gasteiger charge is 2.20. The molecule has 0 saturated carbocycles. The molecule has 0 aliphatic heterocycles. The lowest BCUT2D eigenvalue weighted by Gasteiger charge is -2.10. The fraction of sp³-hybridized carbons (Fsp3) is 0.0417. The summed E-state index contributed by atoms with van der Waals surface area (Å²) in [5.41, 5.74) is 2.34. The first-order valence-electron chi connectivity index (χ1n) is 9.72. The zero-order valence-corrected chi connectivity index (χ0v) is 17.2. The van der Waals surface area contributed by atoms with Crippen LogP contribution >= 0.6 is 0 Å². The normalized spacial score (nSPS) is 10.4. The largest absolute Gasteiger partial charge is 0.478 e. The van der Waals surface area contributed by atoms with Crippen LogP contribution in [0.5, 0.6) is 0 Å². The molecule has 162 valence electrons. The number of nitrogens with one attached hydrogen (secondary N) is 2. The van der Waals surface area contributed by atoms with Gasteiger partial charge in [0.05, 0.1) is 28.3 Å². The van der Waals surface area contributed by atoms with Crippen molar-refractivity contribution in [2.24, 2.45) is 0 Å². The van der Waals surface area contributed by atoms with E-state index in [2.05, 4.69) is 15.8 Å². The number of amides is 2. The van der Waals surface area contributed by atoms with Gasteiger partial charge in [-0.1, -0.05) is 29.4 Å². The Labute approximate surface area is 187 Å². The topological polar surface area (TPSA) is 145 Å². The molecule has 33 heavy (non-hydrogen) atoms. The number of carboxylic acids is 1. The molecule has 0 aliphatic rings. The monoisotopic (exact) mass is 440 g/mol. The molecule has 9 heteroatoms. The summed E-state index contributed by atoms with van der Waals surface area (Å²) in [4.78, 5) is 36.0. The molecule has 0 atom stereocenters. The van der Waals surface area contributed by atoms with Crippen molar-refractivity contribution >= 4 is 40.1 Å². The molecular weight excluding hydrogens is 424 g/mol. The Bertz CT molecular complexity index is 1470. The Balaban J connectivity index is 1.72. The molecule has 0 unspecified atom stereocenters. The molecule has 0 aliphatic carbocycles. The lowest BCUT2D eigenvalue weighted by molar-refractivity contribution is -0.114. The average Bonchev–Trinajstić information content (AvgIpc) is 3.22. The molecule has 3 aromatic carbocycles. The van der Waals surface area contributed by atoms with Crippen LogP contribution in [0.3, 0.4) is 0 Å². The molecule has 0 saturated heterocycles. The summed E-state index contributed by atoms with van der Waals surface area (Å²) in [6, 6.07) is 18.1. The summed E-state index contributed by atoms with van der Waals surface area (Å²) in [6.07, 6.45) is 0. The van der Waals surface area contributed by atoms with Crippen LogP contribution in [0.2, 0.25) is 0 Å². The van der Waals surface area contributed by atoms with E-state index in [4.69, 9.17) is 9.78 Å². The third kappa shape index (κ3) is 4.26. The quantitative estimate of drug-likeness (QED) is 0.420. The van der Waals surface area contributed by atoms with Crippen molar-refractivity contribution in [2.45, 2.75) is 6.92 Å². The average molecular weight is 440 g/mol. The Morgan fingerprint density at radius 2 is 1.79 bits per heavy atom. The van der Waals surface area contributed by atoms with Crippen LogP contribution in [0, 0.1) is 11.3 Å². The van der Waals surface area contributed by atoms with Crippen molar-refractivity contribution in [1.82, 2.24) is 5.16 Å². The number of nitrogens with zero attached hydrogens (tertiary/aromatic N) is 2. The van der Waals surface area contributed by atoms with E-state index in [-0.39, 0.29) is 28.4 Å². The molecule has 4 aromatic rings. The maximum absolute atomic E-state index is 12.9. The van der Waals surface area contributed by atoms with Gasteiger partial charge in [0.2, 0.25) is 5.91 Å². The summed E-state index contributed by atoms with van der Waals surface area (Å²) < 4.78 is 5.27. The van der Waals surface area contributed by atoms with Gasteiger partial charge in [0.15, 0.2) is 11.3 Å². The molecule has 1 aromatic heterocycles. The van der Waals surface area contributed by atoms with Crippen LogP contribution in [0.15, 0.2) is 65.2 Å². The predicted molar refractivity (Wildman–Crippen MR) is 120 cm³/mol. The second-order valence-corrected chi connectivity index (χ2v) is 7.10. The van der Waals surface area contributed by atoms with Crippen molar-refractivity contribution in [3.63, 3.8) is 0 Å². The molecule has 0 bridgehead atoms. The number of carbonyl (C=O) groups is 3. The van der Waals surface area contributed by atoms with E-state index in [1.807, 2.05) is 18.2 Å². The number of para-hydroxylation sites is 1. The van der Waals surface area contributed by atoms with Gasteiger partial charge in [-0.3, -0.25) is 9.59 Å². The number of benzene rings is 3. The Morgan fingerprint density at radius 1 is 1.00 bits per heavy atom. The third-order valence-electron chi connectivity index (χ3n) is 4.86. The number of aromatic carboxylic acids is 1. The van der Waals surface area contributed by atoms with Gasteiger partial charge in [-0.2, -0.15) is 5.26 Å². The smallest absolute Gasteiger partial charge is 0.337 e. The standard InChI is InChI=1S/C24H16N4O5/c1-13(29)26-19-5-3-2-4-16(19)15-7-9-21-18(11-15)22(28-33-21)23(30)27-20-8-6-14(12-25)10-17(20)24(31)32/h2-11H,1H3,(H,26,29)(H,27,30)(H,31,32). The van der Waals surface area contributed by atoms with E-state index in [1.165, 1.54) is 25.1 Å². The van der Waals surface area contributed by atoms with E-state index < -0.39 is 11.9 Å². The lowest BCUT2D eigenvalue weighted by Crippen LogP contribution is -2.15. The number of hydrogen-bond donors (Lipinski definition) is 3. The minimum absolute atomic E-state index is 0.0230. The first kappa shape index (κ1) is 21.3. The third-order valence-corrected chi connectivity index (χ3v) is 4.86. The first-order valence-corrected chi connectivity index (χ1v) is 9.72. The summed E-state index contributed by atoms with van der Waals surface area (Å²) in [7, 11) is 0. The number of aromatic nitrogens is 1. The zero-order chi connectivity index (χ0) is 23.5. The van der Waals surface area contributed by atoms with Gasteiger partial charge >= 0.3 is 5.97 Å². The molecular formula is C24H16N4O5. The van der Waals surface area contributed by atoms with Crippen LogP contribution in [0.1, 0.15) is 33.3 Å². The van der Waals surface area contributed by atoms with Crippen molar-refractivity contribution in [3.8, 4) is 17.2 Å². The van der Waals surface area contributed by atoms with Crippen molar-refractivity contribution in [2.75, 3.05) is 10.6 Å². The van der Waals surface area contributed by atoms with Gasteiger partial charge in [0, 0.05) is 18.2 Å². The molecule has 0 spiro atoms. The highest BCUT2D eigenvalue weighted by molar-refractivity contribution is 6.13. The molecule has 2 amide bonds. The minimum atomic E-state index is -1.29. The van der Waals surface area contributed by atoms with E-state index in [1.54, 1.807) is 30.3 Å². The van der Waals surface area contributed by atoms with Crippen molar-refractivity contribution in [3.05, 3.63) is 77.5 Å². The van der Waals surface area contributed by atoms with Crippen LogP contribution in [0.25, 0.3) is 22.1 Å². The van der Waals surface area contributed by atoms with E-state index in [0.717, 1.165) is 5.56 Å². The van der Waals surface area contributed by atoms with Crippen LogP contribution in [-0.4, -0.2) is 28.0 Å². The van der Waals surface area contributed by atoms with Crippen LogP contribution in [0.4, 0.5) is 11.4 Å². The lowest BCUT2D eigenvalue weighted by atomic mass is 10.0. The Morgan fingerprint density at radius 3 is 2.52 bits per heavy atom. The molecule has 9 nitrogen and oxygen atoms in total. The predicted octanol–water partition coefficient (Wildman–Crippen LogP) is 4.28. The zero-order valence-electron chi connectivity index (χ0n) is 17.2. The number of carbonyl (C=O) groups excluding carboxylic acids is 2. The fourth-order valence-corrected chi connectivity index (χ4v) is 3.38. The number of hydrogen-bond acceptors (Lipinski definition) is 6. The summed E-state index contributed by atoms with van der Waals surface area (Å²) >= 11 is 0. The number of rotatable bonds is 5. The molecule has 3 N–H and O–H groups in total. The fourth-order valence-electron chi connectivity index (χ4n) is 3.38. The summed E-state index contributed by atoms with van der Waals surface area (Å²) in [5.74, 6) is -2.18. The summed E-state index contributed by atoms with van der Waals surface area (Å²) in [5, 5.41) is 28.0. The SMILES string of the molecule is CC(=O)Nc1ccccc1-c1ccc2onc(C(=O)Nc3ccc(C#N)cc3C(=O)O)c2c1. The second kappa shape index (κ2) is 8.64. The van der Waals surface area contributed by atoms with Gasteiger partial charge in [-0.25, -0.2) is 4.79 Å². The van der Waals surface area contributed by atoms with E-state index >= 15 is 0 Å². The first-order chi connectivity index (χ1) is 15.9. The van der Waals surface area contributed by atoms with Crippen LogP contribution < -0.4 is 10.6 Å². The number of nitriles is 1. The molecule has 0 fully saturated rings. The summed E-state index contributed by atoms with van der Waals surface area (Å²) in [6.45, 7) is 1.41. The molecule has 1 heterocycles. The van der Waals surface area contributed by atoms with Gasteiger partial charge in [0.25, 0.3) is 5.91 Å².